The minimum absolute atomic E-state index is 0.176. The van der Waals surface area contributed by atoms with E-state index in [0.29, 0.717) is 24.4 Å². The number of nitrogens with zero attached hydrogens (tertiary/aromatic N) is 1. The van der Waals surface area contributed by atoms with Crippen LogP contribution in [0, 0.1) is 6.92 Å². The van der Waals surface area contributed by atoms with Gasteiger partial charge in [0.2, 0.25) is 0 Å². The Hall–Kier alpha value is -1.85. The van der Waals surface area contributed by atoms with Gasteiger partial charge in [-0.3, -0.25) is 9.59 Å². The van der Waals surface area contributed by atoms with E-state index >= 15 is 0 Å². The minimum atomic E-state index is -0.430. The van der Waals surface area contributed by atoms with Gasteiger partial charge in [0.05, 0.1) is 0 Å². The van der Waals surface area contributed by atoms with Crippen molar-refractivity contribution in [1.29, 1.82) is 0 Å². The SMILES string of the molecule is Cc1cc(C(=O)NCCCCCC(=O)OC(C)(C)C)no1. The number of carbonyl (C=O) groups is 2. The summed E-state index contributed by atoms with van der Waals surface area (Å²) in [6, 6.07) is 1.60. The largest absolute Gasteiger partial charge is 0.460 e. The monoisotopic (exact) mass is 296 g/mol. The van der Waals surface area contributed by atoms with Crippen LogP contribution in [0.2, 0.25) is 0 Å². The molecule has 6 nitrogen and oxygen atoms in total. The highest BCUT2D eigenvalue weighted by Gasteiger charge is 2.15. The number of aryl methyl sites for hydroxylation is 1. The molecule has 0 radical (unpaired) electrons. The van der Waals surface area contributed by atoms with Crippen molar-refractivity contribution in [3.8, 4) is 0 Å². The molecule has 21 heavy (non-hydrogen) atoms. The molecule has 1 aromatic heterocycles. The molecule has 0 aliphatic rings. The number of hydrogen-bond donors (Lipinski definition) is 1. The molecule has 0 aliphatic carbocycles. The number of amides is 1. The van der Waals surface area contributed by atoms with E-state index in [1.54, 1.807) is 13.0 Å². The van der Waals surface area contributed by atoms with Crippen LogP contribution in [-0.4, -0.2) is 29.2 Å². The van der Waals surface area contributed by atoms with Crippen LogP contribution in [0.1, 0.15) is 62.7 Å². The van der Waals surface area contributed by atoms with E-state index in [0.717, 1.165) is 19.3 Å². The molecule has 6 heteroatoms. The summed E-state index contributed by atoms with van der Waals surface area (Å²) < 4.78 is 10.0. The van der Waals surface area contributed by atoms with E-state index in [2.05, 4.69) is 10.5 Å². The summed E-state index contributed by atoms with van der Waals surface area (Å²) in [5.41, 5.74) is -0.137. The van der Waals surface area contributed by atoms with Gasteiger partial charge < -0.3 is 14.6 Å². The number of esters is 1. The average molecular weight is 296 g/mol. The smallest absolute Gasteiger partial charge is 0.306 e. The van der Waals surface area contributed by atoms with Gasteiger partial charge in [0.1, 0.15) is 11.4 Å². The number of nitrogens with one attached hydrogen (secondary N) is 1. The van der Waals surface area contributed by atoms with Crippen LogP contribution < -0.4 is 5.32 Å². The Labute approximate surface area is 125 Å². The van der Waals surface area contributed by atoms with Gasteiger partial charge in [0.15, 0.2) is 5.69 Å². The fraction of sp³-hybridized carbons (Fsp3) is 0.667. The number of rotatable bonds is 7. The van der Waals surface area contributed by atoms with Gasteiger partial charge in [0, 0.05) is 19.0 Å². The van der Waals surface area contributed by atoms with Gasteiger partial charge in [-0.2, -0.15) is 0 Å². The fourth-order valence-corrected chi connectivity index (χ4v) is 1.73. The number of unbranched alkanes of at least 4 members (excludes halogenated alkanes) is 2. The topological polar surface area (TPSA) is 81.4 Å². The highest BCUT2D eigenvalue weighted by Crippen LogP contribution is 2.10. The predicted molar refractivity (Wildman–Crippen MR) is 77.9 cm³/mol. The predicted octanol–water partition coefficient (Wildman–Crippen LogP) is 2.61. The lowest BCUT2D eigenvalue weighted by Gasteiger charge is -2.19. The summed E-state index contributed by atoms with van der Waals surface area (Å²) in [7, 11) is 0. The molecule has 1 rings (SSSR count). The standard InChI is InChI=1S/C15H24N2O4/c1-11-10-12(17-21-11)14(19)16-9-7-5-6-8-13(18)20-15(2,3)4/h10H,5-9H2,1-4H3,(H,16,19). The van der Waals surface area contributed by atoms with E-state index in [9.17, 15) is 9.59 Å². The lowest BCUT2D eigenvalue weighted by molar-refractivity contribution is -0.154. The molecule has 1 N–H and O–H groups in total. The Bertz CT molecular complexity index is 474. The van der Waals surface area contributed by atoms with Crippen LogP contribution in [-0.2, 0) is 9.53 Å². The molecule has 0 aromatic carbocycles. The van der Waals surface area contributed by atoms with Gasteiger partial charge in [-0.05, 0) is 40.5 Å². The Morgan fingerprint density at radius 1 is 1.29 bits per heavy atom. The summed E-state index contributed by atoms with van der Waals surface area (Å²) in [6.45, 7) is 7.85. The summed E-state index contributed by atoms with van der Waals surface area (Å²) >= 11 is 0. The minimum Gasteiger partial charge on any atom is -0.460 e. The summed E-state index contributed by atoms with van der Waals surface area (Å²) in [5, 5.41) is 6.40. The van der Waals surface area contributed by atoms with Crippen molar-refractivity contribution < 1.29 is 18.8 Å². The van der Waals surface area contributed by atoms with Crippen molar-refractivity contribution >= 4 is 11.9 Å². The molecule has 1 aromatic rings. The zero-order valence-electron chi connectivity index (χ0n) is 13.2. The molecule has 118 valence electrons. The molecule has 1 heterocycles. The third kappa shape index (κ3) is 7.48. The first-order valence-electron chi connectivity index (χ1n) is 7.21. The van der Waals surface area contributed by atoms with E-state index in [-0.39, 0.29) is 11.9 Å². The molecular formula is C15H24N2O4. The molecule has 0 unspecified atom stereocenters. The molecule has 0 spiro atoms. The van der Waals surface area contributed by atoms with Gasteiger partial charge in [-0.1, -0.05) is 11.6 Å². The van der Waals surface area contributed by atoms with Crippen LogP contribution >= 0.6 is 0 Å². The van der Waals surface area contributed by atoms with Gasteiger partial charge >= 0.3 is 5.97 Å². The second kappa shape index (κ2) is 7.81. The van der Waals surface area contributed by atoms with Crippen molar-refractivity contribution in [1.82, 2.24) is 10.5 Å². The zero-order chi connectivity index (χ0) is 15.9. The molecule has 0 atom stereocenters. The van der Waals surface area contributed by atoms with E-state index in [4.69, 9.17) is 9.26 Å². The first kappa shape index (κ1) is 17.2. The van der Waals surface area contributed by atoms with Crippen molar-refractivity contribution in [3.63, 3.8) is 0 Å². The molecular weight excluding hydrogens is 272 g/mol. The van der Waals surface area contributed by atoms with Crippen LogP contribution in [0.3, 0.4) is 0 Å². The normalized spacial score (nSPS) is 11.2. The molecule has 0 fully saturated rings. The van der Waals surface area contributed by atoms with Crippen molar-refractivity contribution in [2.24, 2.45) is 0 Å². The Balaban J connectivity index is 2.07. The van der Waals surface area contributed by atoms with E-state index < -0.39 is 5.60 Å². The quantitative estimate of drug-likeness (QED) is 0.618. The molecule has 0 saturated carbocycles. The third-order valence-electron chi connectivity index (χ3n) is 2.62. The maximum Gasteiger partial charge on any atom is 0.306 e. The second-order valence-electron chi connectivity index (χ2n) is 5.98. The first-order chi connectivity index (χ1) is 9.78. The van der Waals surface area contributed by atoms with Gasteiger partial charge in [-0.15, -0.1) is 0 Å². The van der Waals surface area contributed by atoms with E-state index in [1.165, 1.54) is 0 Å². The van der Waals surface area contributed by atoms with E-state index in [1.807, 2.05) is 20.8 Å². The Kier molecular flexibility index (Phi) is 6.39. The van der Waals surface area contributed by atoms with Gasteiger partial charge in [0.25, 0.3) is 5.91 Å². The highest BCUT2D eigenvalue weighted by molar-refractivity contribution is 5.92. The molecule has 0 bridgehead atoms. The number of ether oxygens (including phenoxy) is 1. The highest BCUT2D eigenvalue weighted by atomic mass is 16.6. The van der Waals surface area contributed by atoms with Crippen LogP contribution in [0.5, 0.6) is 0 Å². The summed E-state index contributed by atoms with van der Waals surface area (Å²) in [4.78, 5) is 23.1. The maximum atomic E-state index is 11.6. The Morgan fingerprint density at radius 2 is 2.00 bits per heavy atom. The average Bonchev–Trinajstić information content (AvgIpc) is 2.78. The summed E-state index contributed by atoms with van der Waals surface area (Å²) in [6.07, 6.45) is 2.84. The van der Waals surface area contributed by atoms with Crippen molar-refractivity contribution in [2.45, 2.75) is 59.0 Å². The van der Waals surface area contributed by atoms with Crippen LogP contribution in [0.25, 0.3) is 0 Å². The van der Waals surface area contributed by atoms with Gasteiger partial charge in [-0.25, -0.2) is 0 Å². The number of carbonyl (C=O) groups excluding carboxylic acids is 2. The number of hydrogen-bond acceptors (Lipinski definition) is 5. The lowest BCUT2D eigenvalue weighted by Crippen LogP contribution is -2.25. The zero-order valence-corrected chi connectivity index (χ0v) is 13.2. The van der Waals surface area contributed by atoms with Crippen LogP contribution in [0.4, 0.5) is 0 Å². The van der Waals surface area contributed by atoms with Crippen molar-refractivity contribution in [2.75, 3.05) is 6.54 Å². The third-order valence-corrected chi connectivity index (χ3v) is 2.62. The molecule has 0 aliphatic heterocycles. The first-order valence-corrected chi connectivity index (χ1v) is 7.21. The number of aromatic nitrogens is 1. The fourth-order valence-electron chi connectivity index (χ4n) is 1.73. The van der Waals surface area contributed by atoms with Crippen LogP contribution in [0.15, 0.2) is 10.6 Å². The summed E-state index contributed by atoms with van der Waals surface area (Å²) in [5.74, 6) is 0.195. The maximum absolute atomic E-state index is 11.6. The Morgan fingerprint density at radius 3 is 2.57 bits per heavy atom. The molecule has 0 saturated heterocycles. The second-order valence-corrected chi connectivity index (χ2v) is 5.98. The van der Waals surface area contributed by atoms with Crippen molar-refractivity contribution in [3.05, 3.63) is 17.5 Å². The molecule has 1 amide bonds. The lowest BCUT2D eigenvalue weighted by atomic mass is 10.1.